The summed E-state index contributed by atoms with van der Waals surface area (Å²) >= 11 is 6.41. The van der Waals surface area contributed by atoms with Crippen molar-refractivity contribution >= 4 is 40.2 Å². The molecule has 4 aromatic rings. The number of rotatable bonds is 10. The Balaban J connectivity index is 1.78. The highest BCUT2D eigenvalue weighted by molar-refractivity contribution is 6.31. The fraction of sp³-hybridized carbons (Fsp3) is 0.267. The summed E-state index contributed by atoms with van der Waals surface area (Å²) in [7, 11) is 4.45. The summed E-state index contributed by atoms with van der Waals surface area (Å²) in [5, 5.41) is 4.30. The zero-order valence-corrected chi connectivity index (χ0v) is 23.9. The Kier molecular flexibility index (Phi) is 9.06. The van der Waals surface area contributed by atoms with Crippen LogP contribution < -0.4 is 24.3 Å². The van der Waals surface area contributed by atoms with Gasteiger partial charge in [0, 0.05) is 41.8 Å². The van der Waals surface area contributed by atoms with Gasteiger partial charge in [-0.05, 0) is 55.8 Å². The van der Waals surface area contributed by atoms with Crippen LogP contribution in [0.1, 0.15) is 29.8 Å². The van der Waals surface area contributed by atoms with E-state index in [-0.39, 0.29) is 11.3 Å². The smallest absolute Gasteiger partial charge is 0.415 e. The summed E-state index contributed by atoms with van der Waals surface area (Å²) in [5.41, 5.74) is 2.39. The molecule has 0 radical (unpaired) electrons. The highest BCUT2D eigenvalue weighted by Gasteiger charge is 2.22. The molecule has 1 heterocycles. The Morgan fingerprint density at radius 3 is 2.17 bits per heavy atom. The number of benzene rings is 3. The maximum Gasteiger partial charge on any atom is 0.415 e. The van der Waals surface area contributed by atoms with E-state index in [0.717, 1.165) is 11.1 Å². The van der Waals surface area contributed by atoms with Crippen LogP contribution in [-0.2, 0) is 6.54 Å². The van der Waals surface area contributed by atoms with Crippen molar-refractivity contribution in [3.8, 4) is 23.0 Å². The lowest BCUT2D eigenvalue weighted by atomic mass is 10.1. The number of carbonyl (C=O) groups excluding carboxylic acids is 2. The standard InChI is InChI=1S/C30H32ClN3O6/c1-6-33(7-2)30(36)40-24-13-12-23-21(14-15-34(23)18-19-10-8-9-11-22(19)31)27(24)32-29(35)20-16-25(37-3)28(39-5)26(17-20)38-4/h8-17H,6-7,18H2,1-5H3,(H,32,35). The molecule has 210 valence electrons. The van der Waals surface area contributed by atoms with Crippen LogP contribution in [0.5, 0.6) is 23.0 Å². The predicted octanol–water partition coefficient (Wildman–Crippen LogP) is 6.46. The predicted molar refractivity (Wildman–Crippen MR) is 155 cm³/mol. The Morgan fingerprint density at radius 1 is 0.900 bits per heavy atom. The first-order chi connectivity index (χ1) is 19.3. The number of ether oxygens (including phenoxy) is 4. The third-order valence-corrected chi connectivity index (χ3v) is 6.97. The molecular weight excluding hydrogens is 534 g/mol. The van der Waals surface area contributed by atoms with E-state index in [1.807, 2.05) is 61.0 Å². The number of methoxy groups -OCH3 is 3. The Labute approximate surface area is 238 Å². The van der Waals surface area contributed by atoms with E-state index in [4.69, 9.17) is 30.5 Å². The molecule has 0 fully saturated rings. The van der Waals surface area contributed by atoms with E-state index in [2.05, 4.69) is 5.32 Å². The van der Waals surface area contributed by atoms with Crippen LogP contribution in [0, 0.1) is 0 Å². The number of anilines is 1. The summed E-state index contributed by atoms with van der Waals surface area (Å²) in [6.07, 6.45) is 1.39. The number of amides is 2. The number of fused-ring (bicyclic) bond motifs is 1. The molecule has 9 nitrogen and oxygen atoms in total. The van der Waals surface area contributed by atoms with Crippen LogP contribution >= 0.6 is 11.6 Å². The molecule has 0 aliphatic rings. The third-order valence-electron chi connectivity index (χ3n) is 6.60. The van der Waals surface area contributed by atoms with E-state index in [1.165, 1.54) is 21.3 Å². The maximum absolute atomic E-state index is 13.6. The van der Waals surface area contributed by atoms with Gasteiger partial charge in [0.15, 0.2) is 17.2 Å². The highest BCUT2D eigenvalue weighted by atomic mass is 35.5. The lowest BCUT2D eigenvalue weighted by Crippen LogP contribution is -2.33. The fourth-order valence-electron chi connectivity index (χ4n) is 4.45. The second-order valence-electron chi connectivity index (χ2n) is 8.81. The van der Waals surface area contributed by atoms with Gasteiger partial charge in [-0.3, -0.25) is 4.79 Å². The number of nitrogens with zero attached hydrogens (tertiary/aromatic N) is 2. The average Bonchev–Trinajstić information content (AvgIpc) is 3.37. The van der Waals surface area contributed by atoms with Crippen molar-refractivity contribution < 1.29 is 28.5 Å². The molecular formula is C30H32ClN3O6. The van der Waals surface area contributed by atoms with E-state index in [0.29, 0.717) is 53.0 Å². The molecule has 4 rings (SSSR count). The number of aromatic nitrogens is 1. The first-order valence-electron chi connectivity index (χ1n) is 12.8. The summed E-state index contributed by atoms with van der Waals surface area (Å²) in [6.45, 7) is 5.23. The van der Waals surface area contributed by atoms with Crippen molar-refractivity contribution in [2.75, 3.05) is 39.7 Å². The Morgan fingerprint density at radius 2 is 1.57 bits per heavy atom. The lowest BCUT2D eigenvalue weighted by molar-refractivity contribution is 0.102. The molecule has 0 atom stereocenters. The van der Waals surface area contributed by atoms with Gasteiger partial charge in [0.1, 0.15) is 0 Å². The quantitative estimate of drug-likeness (QED) is 0.237. The average molecular weight is 566 g/mol. The van der Waals surface area contributed by atoms with Gasteiger partial charge in [-0.15, -0.1) is 0 Å². The largest absolute Gasteiger partial charge is 0.493 e. The number of hydrogen-bond donors (Lipinski definition) is 1. The van der Waals surface area contributed by atoms with Gasteiger partial charge in [0.05, 0.1) is 32.5 Å². The Hall–Kier alpha value is -4.37. The van der Waals surface area contributed by atoms with E-state index < -0.39 is 12.0 Å². The molecule has 3 aromatic carbocycles. The van der Waals surface area contributed by atoms with Crippen molar-refractivity contribution in [3.63, 3.8) is 0 Å². The van der Waals surface area contributed by atoms with Gasteiger partial charge in [-0.2, -0.15) is 0 Å². The number of carbonyl (C=O) groups is 2. The van der Waals surface area contributed by atoms with E-state index in [9.17, 15) is 9.59 Å². The topological polar surface area (TPSA) is 91.3 Å². The molecule has 0 saturated carbocycles. The summed E-state index contributed by atoms with van der Waals surface area (Å²) < 4.78 is 24.0. The number of halogens is 1. The van der Waals surface area contributed by atoms with Crippen LogP contribution in [0.25, 0.3) is 10.9 Å². The minimum atomic E-state index is -0.511. The molecule has 0 bridgehead atoms. The molecule has 1 aromatic heterocycles. The van der Waals surface area contributed by atoms with Crippen molar-refractivity contribution in [1.82, 2.24) is 9.47 Å². The van der Waals surface area contributed by atoms with Gasteiger partial charge in [-0.1, -0.05) is 29.8 Å². The first kappa shape index (κ1) is 28.6. The second kappa shape index (κ2) is 12.7. The second-order valence-corrected chi connectivity index (χ2v) is 9.22. The van der Waals surface area contributed by atoms with Crippen molar-refractivity contribution in [1.29, 1.82) is 0 Å². The van der Waals surface area contributed by atoms with Crippen molar-refractivity contribution in [3.05, 3.63) is 76.9 Å². The number of hydrogen-bond acceptors (Lipinski definition) is 6. The maximum atomic E-state index is 13.6. The zero-order valence-electron chi connectivity index (χ0n) is 23.1. The summed E-state index contributed by atoms with van der Waals surface area (Å²) in [6, 6.07) is 16.1. The van der Waals surface area contributed by atoms with Gasteiger partial charge in [0.25, 0.3) is 5.91 Å². The monoisotopic (exact) mass is 565 g/mol. The van der Waals surface area contributed by atoms with Crippen LogP contribution in [0.3, 0.4) is 0 Å². The van der Waals surface area contributed by atoms with Gasteiger partial charge >= 0.3 is 6.09 Å². The highest BCUT2D eigenvalue weighted by Crippen LogP contribution is 2.40. The normalized spacial score (nSPS) is 10.8. The molecule has 40 heavy (non-hydrogen) atoms. The molecule has 1 N–H and O–H groups in total. The molecule has 0 aliphatic heterocycles. The van der Waals surface area contributed by atoms with Gasteiger partial charge < -0.3 is 33.7 Å². The van der Waals surface area contributed by atoms with E-state index >= 15 is 0 Å². The molecule has 0 saturated heterocycles. The Bertz CT molecular complexity index is 1500. The van der Waals surface area contributed by atoms with Crippen LogP contribution in [-0.4, -0.2) is 55.9 Å². The first-order valence-corrected chi connectivity index (χ1v) is 13.2. The van der Waals surface area contributed by atoms with Crippen molar-refractivity contribution in [2.45, 2.75) is 20.4 Å². The summed E-state index contributed by atoms with van der Waals surface area (Å²) in [4.78, 5) is 28.0. The minimum absolute atomic E-state index is 0.223. The van der Waals surface area contributed by atoms with Crippen LogP contribution in [0.4, 0.5) is 10.5 Å². The molecule has 0 aliphatic carbocycles. The third kappa shape index (κ3) is 5.79. The number of nitrogens with one attached hydrogen (secondary N) is 1. The zero-order chi connectivity index (χ0) is 28.8. The van der Waals surface area contributed by atoms with Crippen molar-refractivity contribution in [2.24, 2.45) is 0 Å². The van der Waals surface area contributed by atoms with Crippen LogP contribution in [0.2, 0.25) is 5.02 Å². The molecule has 10 heteroatoms. The summed E-state index contributed by atoms with van der Waals surface area (Å²) in [5.74, 6) is 0.814. The molecule has 0 unspecified atom stereocenters. The van der Waals surface area contributed by atoms with Gasteiger partial charge in [-0.25, -0.2) is 4.79 Å². The minimum Gasteiger partial charge on any atom is -0.493 e. The molecule has 2 amide bonds. The van der Waals surface area contributed by atoms with Crippen LogP contribution in [0.15, 0.2) is 60.8 Å². The SMILES string of the molecule is CCN(CC)C(=O)Oc1ccc2c(ccn2Cc2ccccc2Cl)c1NC(=O)c1cc(OC)c(OC)c(OC)c1. The van der Waals surface area contributed by atoms with E-state index in [1.54, 1.807) is 23.1 Å². The van der Waals surface area contributed by atoms with Gasteiger partial charge in [0.2, 0.25) is 5.75 Å². The fourth-order valence-corrected chi connectivity index (χ4v) is 4.65. The molecule has 0 spiro atoms. The lowest BCUT2D eigenvalue weighted by Gasteiger charge is -2.20.